The lowest BCUT2D eigenvalue weighted by Gasteiger charge is -2.19. The van der Waals surface area contributed by atoms with Crippen molar-refractivity contribution in [1.82, 2.24) is 10.2 Å². The molecule has 0 fully saturated rings. The van der Waals surface area contributed by atoms with Gasteiger partial charge < -0.3 is 10.1 Å². The molecule has 0 aliphatic rings. The molecule has 0 bridgehead atoms. The van der Waals surface area contributed by atoms with Gasteiger partial charge in [0.2, 0.25) is 0 Å². The van der Waals surface area contributed by atoms with E-state index in [1.807, 2.05) is 12.1 Å². The number of carbonyl (C=O) groups excluding carboxylic acids is 2. The molecule has 3 aromatic rings. The van der Waals surface area contributed by atoms with E-state index in [0.29, 0.717) is 16.9 Å². The number of aromatic nitrogens is 2. The molecule has 1 heterocycles. The number of nitrogens with one attached hydrogen (secondary N) is 3. The molecule has 0 unspecified atom stereocenters. The van der Waals surface area contributed by atoms with Crippen molar-refractivity contribution in [2.75, 3.05) is 10.6 Å². The highest BCUT2D eigenvalue weighted by molar-refractivity contribution is 6.05. The predicted octanol–water partition coefficient (Wildman–Crippen LogP) is 4.16. The van der Waals surface area contributed by atoms with Crippen molar-refractivity contribution < 1.29 is 14.3 Å². The smallest absolute Gasteiger partial charge is 0.412 e. The molecule has 3 rings (SSSR count). The van der Waals surface area contributed by atoms with Crippen LogP contribution in [0.1, 0.15) is 31.1 Å². The van der Waals surface area contributed by atoms with Crippen molar-refractivity contribution in [2.45, 2.75) is 26.4 Å². The highest BCUT2D eigenvalue weighted by Crippen LogP contribution is 2.18. The number of H-pyrrole nitrogens is 1. The normalized spacial score (nSPS) is 11.2. The molecule has 0 aliphatic heterocycles. The highest BCUT2D eigenvalue weighted by atomic mass is 16.6. The molecule has 26 heavy (non-hydrogen) atoms. The van der Waals surface area contributed by atoms with Crippen LogP contribution in [0.2, 0.25) is 0 Å². The van der Waals surface area contributed by atoms with Gasteiger partial charge in [-0.15, -0.1) is 0 Å². The van der Waals surface area contributed by atoms with Crippen LogP contribution < -0.4 is 10.6 Å². The summed E-state index contributed by atoms with van der Waals surface area (Å²) in [6, 6.07) is 12.1. The Bertz CT molecular complexity index is 939. The number of carbonyl (C=O) groups is 2. The van der Waals surface area contributed by atoms with Crippen molar-refractivity contribution in [3.8, 4) is 0 Å². The summed E-state index contributed by atoms with van der Waals surface area (Å²) in [7, 11) is 0. The number of anilines is 2. The van der Waals surface area contributed by atoms with Gasteiger partial charge in [-0.1, -0.05) is 0 Å². The van der Waals surface area contributed by atoms with Gasteiger partial charge in [-0.2, -0.15) is 5.10 Å². The van der Waals surface area contributed by atoms with Crippen LogP contribution in [0.3, 0.4) is 0 Å². The van der Waals surface area contributed by atoms with Gasteiger partial charge in [0.15, 0.2) is 0 Å². The zero-order chi connectivity index (χ0) is 18.7. The molecule has 0 radical (unpaired) electrons. The van der Waals surface area contributed by atoms with Crippen LogP contribution in [0.4, 0.5) is 16.2 Å². The Kier molecular flexibility index (Phi) is 4.62. The number of hydrogen-bond donors (Lipinski definition) is 3. The predicted molar refractivity (Wildman–Crippen MR) is 100 cm³/mol. The number of hydrogen-bond acceptors (Lipinski definition) is 4. The number of ether oxygens (including phenoxy) is 1. The fourth-order valence-electron chi connectivity index (χ4n) is 2.35. The van der Waals surface area contributed by atoms with E-state index >= 15 is 0 Å². The quantitative estimate of drug-likeness (QED) is 0.659. The molecule has 134 valence electrons. The summed E-state index contributed by atoms with van der Waals surface area (Å²) in [5, 5.41) is 13.2. The molecule has 1 aromatic heterocycles. The van der Waals surface area contributed by atoms with E-state index in [1.54, 1.807) is 57.3 Å². The van der Waals surface area contributed by atoms with Crippen LogP contribution in [0.5, 0.6) is 0 Å². The van der Waals surface area contributed by atoms with E-state index in [9.17, 15) is 9.59 Å². The van der Waals surface area contributed by atoms with Crippen molar-refractivity contribution in [2.24, 2.45) is 0 Å². The van der Waals surface area contributed by atoms with E-state index in [0.717, 1.165) is 10.9 Å². The number of rotatable bonds is 3. The van der Waals surface area contributed by atoms with Crippen LogP contribution in [-0.4, -0.2) is 27.8 Å². The lowest BCUT2D eigenvalue weighted by molar-refractivity contribution is 0.0636. The van der Waals surface area contributed by atoms with Gasteiger partial charge in [0, 0.05) is 22.3 Å². The molecule has 0 saturated heterocycles. The van der Waals surface area contributed by atoms with Crippen LogP contribution in [0, 0.1) is 0 Å². The highest BCUT2D eigenvalue weighted by Gasteiger charge is 2.16. The van der Waals surface area contributed by atoms with Gasteiger partial charge in [0.05, 0.1) is 11.7 Å². The van der Waals surface area contributed by atoms with Gasteiger partial charge in [-0.25, -0.2) is 4.79 Å². The zero-order valence-electron chi connectivity index (χ0n) is 14.8. The SMILES string of the molecule is CC(C)(C)OC(=O)Nc1ccc(C(=O)Nc2ccc3[nH]ncc3c2)cc1. The maximum Gasteiger partial charge on any atom is 0.412 e. The third-order valence-corrected chi connectivity index (χ3v) is 3.49. The number of amides is 2. The first-order chi connectivity index (χ1) is 12.3. The minimum Gasteiger partial charge on any atom is -0.444 e. The standard InChI is InChI=1S/C19H20N4O3/c1-19(2,3)26-18(25)22-14-6-4-12(5-7-14)17(24)21-15-8-9-16-13(10-15)11-20-23-16/h4-11H,1-3H3,(H,20,23)(H,21,24)(H,22,25). The molecule has 0 atom stereocenters. The summed E-state index contributed by atoms with van der Waals surface area (Å²) >= 11 is 0. The first-order valence-corrected chi connectivity index (χ1v) is 8.15. The topological polar surface area (TPSA) is 96.1 Å². The number of fused-ring (bicyclic) bond motifs is 1. The number of aromatic amines is 1. The monoisotopic (exact) mass is 352 g/mol. The van der Waals surface area contributed by atoms with E-state index in [1.165, 1.54) is 0 Å². The third-order valence-electron chi connectivity index (χ3n) is 3.49. The second-order valence-electron chi connectivity index (χ2n) is 6.83. The Hall–Kier alpha value is -3.35. The van der Waals surface area contributed by atoms with Crippen LogP contribution >= 0.6 is 0 Å². The van der Waals surface area contributed by atoms with Crippen LogP contribution in [0.15, 0.2) is 48.7 Å². The van der Waals surface area contributed by atoms with Gasteiger partial charge in [0.25, 0.3) is 5.91 Å². The average molecular weight is 352 g/mol. The van der Waals surface area contributed by atoms with Gasteiger partial charge >= 0.3 is 6.09 Å². The molecule has 0 saturated carbocycles. The first-order valence-electron chi connectivity index (χ1n) is 8.15. The second-order valence-corrected chi connectivity index (χ2v) is 6.83. The number of benzene rings is 2. The largest absolute Gasteiger partial charge is 0.444 e. The Morgan fingerprint density at radius 3 is 2.38 bits per heavy atom. The van der Waals surface area contributed by atoms with Gasteiger partial charge in [0.1, 0.15) is 5.60 Å². The molecule has 7 nitrogen and oxygen atoms in total. The minimum absolute atomic E-state index is 0.239. The van der Waals surface area contributed by atoms with Gasteiger partial charge in [-0.05, 0) is 63.2 Å². The van der Waals surface area contributed by atoms with E-state index in [4.69, 9.17) is 4.74 Å². The third kappa shape index (κ3) is 4.38. The Morgan fingerprint density at radius 2 is 1.69 bits per heavy atom. The lowest BCUT2D eigenvalue weighted by Crippen LogP contribution is -2.27. The van der Waals surface area contributed by atoms with E-state index < -0.39 is 11.7 Å². The summed E-state index contributed by atoms with van der Waals surface area (Å²) in [5.41, 5.74) is 2.04. The molecular weight excluding hydrogens is 332 g/mol. The molecule has 2 aromatic carbocycles. The maximum atomic E-state index is 12.4. The van der Waals surface area contributed by atoms with Crippen molar-refractivity contribution in [3.63, 3.8) is 0 Å². The molecular formula is C19H20N4O3. The average Bonchev–Trinajstić information content (AvgIpc) is 3.01. The maximum absolute atomic E-state index is 12.4. The summed E-state index contributed by atoms with van der Waals surface area (Å²) in [6.07, 6.45) is 1.16. The first kappa shape index (κ1) is 17.5. The Labute approximate surface area is 150 Å². The van der Waals surface area contributed by atoms with Crippen LogP contribution in [0.25, 0.3) is 10.9 Å². The molecule has 0 spiro atoms. The fourth-order valence-corrected chi connectivity index (χ4v) is 2.35. The zero-order valence-corrected chi connectivity index (χ0v) is 14.8. The molecule has 3 N–H and O–H groups in total. The van der Waals surface area contributed by atoms with Crippen molar-refractivity contribution >= 4 is 34.3 Å². The summed E-state index contributed by atoms with van der Waals surface area (Å²) in [4.78, 5) is 24.1. The molecule has 0 aliphatic carbocycles. The summed E-state index contributed by atoms with van der Waals surface area (Å²) in [5.74, 6) is -0.239. The van der Waals surface area contributed by atoms with E-state index in [2.05, 4.69) is 20.8 Å². The summed E-state index contributed by atoms with van der Waals surface area (Å²) in [6.45, 7) is 5.38. The Morgan fingerprint density at radius 1 is 1.00 bits per heavy atom. The fraction of sp³-hybridized carbons (Fsp3) is 0.211. The van der Waals surface area contributed by atoms with Crippen molar-refractivity contribution in [1.29, 1.82) is 0 Å². The van der Waals surface area contributed by atoms with Crippen molar-refractivity contribution in [3.05, 3.63) is 54.2 Å². The number of nitrogens with zero attached hydrogens (tertiary/aromatic N) is 1. The lowest BCUT2D eigenvalue weighted by atomic mass is 10.1. The van der Waals surface area contributed by atoms with E-state index in [-0.39, 0.29) is 5.91 Å². The van der Waals surface area contributed by atoms with Crippen LogP contribution in [-0.2, 0) is 4.74 Å². The molecule has 7 heteroatoms. The minimum atomic E-state index is -0.569. The second kappa shape index (κ2) is 6.87. The Balaban J connectivity index is 1.64. The van der Waals surface area contributed by atoms with Gasteiger partial charge in [-0.3, -0.25) is 15.2 Å². The summed E-state index contributed by atoms with van der Waals surface area (Å²) < 4.78 is 5.19. The molecule has 2 amide bonds.